The van der Waals surface area contributed by atoms with Gasteiger partial charge in [-0.15, -0.1) is 0 Å². The molecule has 1 aliphatic heterocycles. The van der Waals surface area contributed by atoms with Crippen LogP contribution in [-0.2, 0) is 0 Å². The van der Waals surface area contributed by atoms with E-state index in [1.807, 2.05) is 70.2 Å². The first-order chi connectivity index (χ1) is 14.3. The summed E-state index contributed by atoms with van der Waals surface area (Å²) in [6, 6.07) is 13.3. The van der Waals surface area contributed by atoms with E-state index in [0.717, 1.165) is 49.8 Å². The number of aromatic nitrogens is 1. The van der Waals surface area contributed by atoms with E-state index in [0.29, 0.717) is 16.9 Å². The third-order valence-electron chi connectivity index (χ3n) is 6.01. The molecular weight excluding hydrogens is 379 g/mol. The molecule has 3 nitrogen and oxygen atoms in total. The number of amidine groups is 1. The van der Waals surface area contributed by atoms with Gasteiger partial charge in [0.1, 0.15) is 5.82 Å². The van der Waals surface area contributed by atoms with E-state index in [1.54, 1.807) is 0 Å². The fraction of sp³-hybridized carbons (Fsp3) is 0.250. The Hall–Kier alpha value is -3.02. The van der Waals surface area contributed by atoms with Gasteiger partial charge < -0.3 is 4.48 Å². The maximum absolute atomic E-state index is 14.5. The number of benzene rings is 2. The van der Waals surface area contributed by atoms with Gasteiger partial charge in [-0.1, -0.05) is 49.4 Å². The van der Waals surface area contributed by atoms with Crippen molar-refractivity contribution in [1.82, 2.24) is 4.48 Å². The van der Waals surface area contributed by atoms with Gasteiger partial charge in [-0.05, 0) is 56.4 Å². The minimum absolute atomic E-state index is 0.250. The zero-order chi connectivity index (χ0) is 21.6. The Kier molecular flexibility index (Phi) is 5.18. The maximum atomic E-state index is 14.5. The summed E-state index contributed by atoms with van der Waals surface area (Å²) in [5.74, 6) is 0.766. The summed E-state index contributed by atoms with van der Waals surface area (Å²) in [5.41, 5.74) is 6.33. The molecule has 0 N–H and O–H groups in total. The topological polar surface area (TPSA) is 29.6 Å². The molecule has 6 heteroatoms. The SMILES string of the molecule is CCC1=C(C)C(=Nc2c3ccccc3c(-c3cccc(C)c3C)n2B(F)F)N=C1C. The Balaban J connectivity index is 2.08. The van der Waals surface area contributed by atoms with Crippen LogP contribution < -0.4 is 0 Å². The van der Waals surface area contributed by atoms with Gasteiger partial charge in [0, 0.05) is 22.0 Å². The summed E-state index contributed by atoms with van der Waals surface area (Å²) in [5, 5.41) is 1.47. The minimum atomic E-state index is -2.73. The molecule has 2 heterocycles. The van der Waals surface area contributed by atoms with Crippen LogP contribution in [0.1, 0.15) is 38.3 Å². The number of aliphatic imine (C=N–C) groups is 2. The van der Waals surface area contributed by atoms with E-state index in [1.165, 1.54) is 0 Å². The molecule has 2 aromatic carbocycles. The zero-order valence-corrected chi connectivity index (χ0v) is 17.9. The highest BCUT2D eigenvalue weighted by molar-refractivity contribution is 6.44. The number of halogens is 2. The first-order valence-electron chi connectivity index (χ1n) is 10.2. The van der Waals surface area contributed by atoms with Gasteiger partial charge in [0.25, 0.3) is 0 Å². The quantitative estimate of drug-likeness (QED) is 0.423. The maximum Gasteiger partial charge on any atom is 0.679 e. The number of allylic oxidation sites excluding steroid dienone is 1. The van der Waals surface area contributed by atoms with Gasteiger partial charge in [0.2, 0.25) is 0 Å². The molecule has 152 valence electrons. The molecule has 0 bridgehead atoms. The lowest BCUT2D eigenvalue weighted by Crippen LogP contribution is -2.14. The van der Waals surface area contributed by atoms with Crippen LogP contribution in [-0.4, -0.2) is 23.4 Å². The summed E-state index contributed by atoms with van der Waals surface area (Å²) in [4.78, 5) is 9.26. The monoisotopic (exact) mass is 403 g/mol. The van der Waals surface area contributed by atoms with Crippen LogP contribution in [0.3, 0.4) is 0 Å². The Labute approximate surface area is 176 Å². The van der Waals surface area contributed by atoms with Crippen LogP contribution >= 0.6 is 0 Å². The van der Waals surface area contributed by atoms with Crippen LogP contribution in [0.15, 0.2) is 63.6 Å². The van der Waals surface area contributed by atoms with E-state index in [4.69, 9.17) is 0 Å². The zero-order valence-electron chi connectivity index (χ0n) is 17.9. The molecule has 4 rings (SSSR count). The molecule has 30 heavy (non-hydrogen) atoms. The minimum Gasteiger partial charge on any atom is -0.309 e. The lowest BCUT2D eigenvalue weighted by molar-refractivity contribution is 0.633. The molecule has 3 aromatic rings. The number of rotatable bonds is 4. The number of hydrogen-bond acceptors (Lipinski definition) is 1. The lowest BCUT2D eigenvalue weighted by Gasteiger charge is -2.13. The van der Waals surface area contributed by atoms with Crippen LogP contribution in [0.4, 0.5) is 14.4 Å². The van der Waals surface area contributed by atoms with E-state index < -0.39 is 7.40 Å². The second-order valence-electron chi connectivity index (χ2n) is 7.70. The van der Waals surface area contributed by atoms with Gasteiger partial charge >= 0.3 is 7.40 Å². The molecule has 0 atom stereocenters. The van der Waals surface area contributed by atoms with E-state index in [2.05, 4.69) is 16.9 Å². The van der Waals surface area contributed by atoms with Crippen molar-refractivity contribution in [1.29, 1.82) is 0 Å². The molecule has 0 saturated heterocycles. The van der Waals surface area contributed by atoms with Crippen molar-refractivity contribution < 1.29 is 8.63 Å². The van der Waals surface area contributed by atoms with Crippen LogP contribution in [0, 0.1) is 13.8 Å². The van der Waals surface area contributed by atoms with Gasteiger partial charge in [-0.2, -0.15) is 0 Å². The van der Waals surface area contributed by atoms with Gasteiger partial charge in [0.15, 0.2) is 5.84 Å². The van der Waals surface area contributed by atoms with Crippen LogP contribution in [0.2, 0.25) is 0 Å². The van der Waals surface area contributed by atoms with Gasteiger partial charge in [-0.25, -0.2) is 9.98 Å². The van der Waals surface area contributed by atoms with Crippen molar-refractivity contribution >= 4 is 35.5 Å². The molecule has 0 amide bonds. The fourth-order valence-electron chi connectivity index (χ4n) is 4.28. The predicted molar refractivity (Wildman–Crippen MR) is 123 cm³/mol. The highest BCUT2D eigenvalue weighted by atomic mass is 19.2. The van der Waals surface area contributed by atoms with Crippen molar-refractivity contribution in [3.05, 3.63) is 64.7 Å². The van der Waals surface area contributed by atoms with Crippen LogP contribution in [0.5, 0.6) is 0 Å². The van der Waals surface area contributed by atoms with E-state index in [9.17, 15) is 8.63 Å². The second-order valence-corrected chi connectivity index (χ2v) is 7.70. The Morgan fingerprint density at radius 3 is 2.30 bits per heavy atom. The third kappa shape index (κ3) is 3.11. The highest BCUT2D eigenvalue weighted by Gasteiger charge is 2.30. The number of nitrogens with zero attached hydrogens (tertiary/aromatic N) is 3. The summed E-state index contributed by atoms with van der Waals surface area (Å²) in [6.07, 6.45) is 0.838. The fourth-order valence-corrected chi connectivity index (χ4v) is 4.28. The lowest BCUT2D eigenvalue weighted by atomic mass is 9.98. The molecule has 0 unspecified atom stereocenters. The summed E-state index contributed by atoms with van der Waals surface area (Å²) < 4.78 is 30.0. The van der Waals surface area contributed by atoms with Gasteiger partial charge in [0.05, 0.1) is 5.69 Å². The van der Waals surface area contributed by atoms with Crippen molar-refractivity contribution in [3.8, 4) is 11.3 Å². The smallest absolute Gasteiger partial charge is 0.309 e. The molecule has 0 radical (unpaired) electrons. The van der Waals surface area contributed by atoms with Crippen molar-refractivity contribution in [2.24, 2.45) is 9.98 Å². The number of aryl methyl sites for hydroxylation is 1. The van der Waals surface area contributed by atoms with Gasteiger partial charge in [-0.3, -0.25) is 8.63 Å². The summed E-state index contributed by atoms with van der Waals surface area (Å²) in [6.45, 7) is 9.93. The Bertz CT molecular complexity index is 1250. The van der Waals surface area contributed by atoms with Crippen molar-refractivity contribution in [3.63, 3.8) is 0 Å². The Morgan fingerprint density at radius 1 is 0.967 bits per heavy atom. The molecule has 0 spiro atoms. The summed E-state index contributed by atoms with van der Waals surface area (Å²) >= 11 is 0. The second kappa shape index (κ2) is 7.67. The molecule has 0 fully saturated rings. The summed E-state index contributed by atoms with van der Waals surface area (Å²) in [7, 11) is -2.73. The first kappa shape index (κ1) is 20.3. The number of fused-ring (bicyclic) bond motifs is 1. The first-order valence-corrected chi connectivity index (χ1v) is 10.2. The Morgan fingerprint density at radius 2 is 1.67 bits per heavy atom. The van der Waals surface area contributed by atoms with Crippen LogP contribution in [0.25, 0.3) is 22.0 Å². The average molecular weight is 403 g/mol. The highest BCUT2D eigenvalue weighted by Crippen LogP contribution is 2.41. The average Bonchev–Trinajstić information content (AvgIpc) is 3.18. The van der Waals surface area contributed by atoms with E-state index >= 15 is 0 Å². The third-order valence-corrected chi connectivity index (χ3v) is 6.01. The normalized spacial score (nSPS) is 15.4. The molecule has 1 aromatic heterocycles. The van der Waals surface area contributed by atoms with Crippen molar-refractivity contribution in [2.75, 3.05) is 0 Å². The molecule has 0 aliphatic carbocycles. The van der Waals surface area contributed by atoms with Crippen molar-refractivity contribution in [2.45, 2.75) is 41.0 Å². The number of hydrogen-bond donors (Lipinski definition) is 0. The standard InChI is InChI=1S/C24H24BF2N3/c1-6-18-16(4)23(28-17(18)5)29-24-21-12-8-7-11-20(21)22(30(24)25(26)27)19-13-9-10-14(2)15(19)3/h7-13H,6H2,1-5H3. The molecular formula is C24H24BF2N3. The van der Waals surface area contributed by atoms with E-state index in [-0.39, 0.29) is 5.82 Å². The predicted octanol–water partition coefficient (Wildman–Crippen LogP) is 6.93. The largest absolute Gasteiger partial charge is 0.679 e. The molecule has 0 saturated carbocycles. The molecule has 1 aliphatic rings.